The SMILES string of the molecule is CN1CCCC1CCNC(=O)C1=CN2C3CC4CCCCC4CC3OC3C2C(CC(F)C3S(=O)CCc2cnccn2)C1=O. The number of morpholine rings is 1. The number of rotatable bonds is 8. The molecule has 1 aromatic heterocycles. The summed E-state index contributed by atoms with van der Waals surface area (Å²) >= 11 is 0. The Kier molecular flexibility index (Phi) is 8.90. The number of halogens is 1. The normalized spacial score (nSPS) is 39.1. The molecule has 0 bridgehead atoms. The Morgan fingerprint density at radius 3 is 2.70 bits per heavy atom. The molecule has 240 valence electrons. The molecular formula is C33H46FN5O4S. The lowest BCUT2D eigenvalue weighted by Crippen LogP contribution is -2.72. The van der Waals surface area contributed by atoms with Crippen LogP contribution in [0.15, 0.2) is 30.4 Å². The first-order chi connectivity index (χ1) is 21.4. The summed E-state index contributed by atoms with van der Waals surface area (Å²) in [6.45, 7) is 1.58. The number of aryl methyl sites for hydroxylation is 1. The molecule has 1 amide bonds. The molecule has 3 aliphatic carbocycles. The lowest BCUT2D eigenvalue weighted by atomic mass is 9.65. The number of likely N-dealkylation sites (tertiary alicyclic amines) is 1. The quantitative estimate of drug-likeness (QED) is 0.439. The summed E-state index contributed by atoms with van der Waals surface area (Å²) in [6, 6.07) is 0.0653. The van der Waals surface area contributed by atoms with Crippen molar-refractivity contribution in [3.8, 4) is 0 Å². The van der Waals surface area contributed by atoms with Crippen LogP contribution < -0.4 is 5.32 Å². The Bertz CT molecular complexity index is 1280. The van der Waals surface area contributed by atoms with Gasteiger partial charge in [0.25, 0.3) is 5.91 Å². The van der Waals surface area contributed by atoms with Crippen LogP contribution in [0.3, 0.4) is 0 Å². The van der Waals surface area contributed by atoms with Gasteiger partial charge in [0.1, 0.15) is 6.17 Å². The van der Waals surface area contributed by atoms with Crippen molar-refractivity contribution in [3.63, 3.8) is 0 Å². The van der Waals surface area contributed by atoms with Crippen molar-refractivity contribution < 1.29 is 22.9 Å². The van der Waals surface area contributed by atoms with Crippen LogP contribution >= 0.6 is 0 Å². The Hall–Kier alpha value is -2.24. The Morgan fingerprint density at radius 2 is 1.95 bits per heavy atom. The van der Waals surface area contributed by atoms with Gasteiger partial charge in [0.05, 0.1) is 40.8 Å². The molecule has 11 atom stereocenters. The number of carbonyl (C=O) groups excluding carboxylic acids is 2. The highest BCUT2D eigenvalue weighted by molar-refractivity contribution is 7.85. The van der Waals surface area contributed by atoms with Crippen molar-refractivity contribution in [1.82, 2.24) is 25.1 Å². The fourth-order valence-corrected chi connectivity index (χ4v) is 11.0. The van der Waals surface area contributed by atoms with Crippen LogP contribution in [-0.2, 0) is 31.5 Å². The highest BCUT2D eigenvalue weighted by atomic mass is 32.2. The van der Waals surface area contributed by atoms with Gasteiger partial charge in [-0.25, -0.2) is 4.39 Å². The lowest BCUT2D eigenvalue weighted by molar-refractivity contribution is -0.197. The lowest BCUT2D eigenvalue weighted by Gasteiger charge is -2.60. The number of fused-ring (bicyclic) bond motifs is 3. The summed E-state index contributed by atoms with van der Waals surface area (Å²) in [5, 5.41) is 2.19. The van der Waals surface area contributed by atoms with E-state index >= 15 is 4.39 Å². The van der Waals surface area contributed by atoms with E-state index in [0.29, 0.717) is 30.8 Å². The molecule has 3 aliphatic heterocycles. The van der Waals surface area contributed by atoms with E-state index in [2.05, 4.69) is 32.1 Å². The van der Waals surface area contributed by atoms with Crippen molar-refractivity contribution in [2.45, 2.75) is 112 Å². The molecule has 11 heteroatoms. The Morgan fingerprint density at radius 1 is 1.14 bits per heavy atom. The minimum absolute atomic E-state index is 0.0333. The van der Waals surface area contributed by atoms with E-state index in [1.54, 1.807) is 24.8 Å². The maximum Gasteiger partial charge on any atom is 0.256 e. The number of Topliss-reactive ketones (excluding diaryl/α,β-unsaturated/α-hetero) is 1. The zero-order valence-corrected chi connectivity index (χ0v) is 26.5. The van der Waals surface area contributed by atoms with Gasteiger partial charge in [-0.1, -0.05) is 25.7 Å². The van der Waals surface area contributed by atoms with Gasteiger partial charge in [-0.3, -0.25) is 23.8 Å². The first-order valence-electron chi connectivity index (χ1n) is 16.8. The summed E-state index contributed by atoms with van der Waals surface area (Å²) in [4.78, 5) is 40.4. The topological polar surface area (TPSA) is 105 Å². The second kappa shape index (κ2) is 12.9. The maximum absolute atomic E-state index is 16.2. The van der Waals surface area contributed by atoms with Crippen LogP contribution in [0.25, 0.3) is 0 Å². The number of ketones is 1. The van der Waals surface area contributed by atoms with Crippen LogP contribution in [0.2, 0.25) is 0 Å². The maximum atomic E-state index is 16.2. The molecule has 2 saturated heterocycles. The van der Waals surface area contributed by atoms with Crippen molar-refractivity contribution in [1.29, 1.82) is 0 Å². The van der Waals surface area contributed by atoms with Crippen molar-refractivity contribution in [2.75, 3.05) is 25.9 Å². The fraction of sp³-hybridized carbons (Fsp3) is 0.758. The standard InChI is InChI=1S/C33H46FN5O4S/c1-38-13-4-7-23(38)8-10-37-33(41)25-19-39-27-15-20-5-2-3-6-21(20)16-28(27)43-31-29(39)24(30(25)40)17-26(34)32(31)44(42)14-9-22-18-35-11-12-36-22/h11-12,18-21,23-24,26-29,31-32H,2-10,13-17H2,1H3,(H,37,41). The molecule has 44 heavy (non-hydrogen) atoms. The molecule has 9 nitrogen and oxygen atoms in total. The predicted octanol–water partition coefficient (Wildman–Crippen LogP) is 2.97. The van der Waals surface area contributed by atoms with E-state index in [4.69, 9.17) is 4.74 Å². The molecule has 1 aromatic rings. The fourth-order valence-electron chi connectivity index (χ4n) is 9.32. The number of nitrogens with zero attached hydrogens (tertiary/aromatic N) is 4. The number of nitrogens with one attached hydrogen (secondary N) is 1. The van der Waals surface area contributed by atoms with E-state index in [-0.39, 0.29) is 41.6 Å². The van der Waals surface area contributed by atoms with E-state index in [1.807, 2.05) is 0 Å². The molecule has 7 rings (SSSR count). The Balaban J connectivity index is 1.15. The molecule has 1 N–H and O–H groups in total. The van der Waals surface area contributed by atoms with Crippen molar-refractivity contribution in [3.05, 3.63) is 36.1 Å². The number of carbonyl (C=O) groups is 2. The zero-order chi connectivity index (χ0) is 30.4. The van der Waals surface area contributed by atoms with Crippen LogP contribution in [0, 0.1) is 17.8 Å². The molecular weight excluding hydrogens is 581 g/mol. The third kappa shape index (κ3) is 5.77. The second-order valence-corrected chi connectivity index (χ2v) is 15.7. The number of aromatic nitrogens is 2. The largest absolute Gasteiger partial charge is 0.369 e. The van der Waals surface area contributed by atoms with Crippen LogP contribution in [0.4, 0.5) is 4.39 Å². The minimum atomic E-state index is -1.53. The van der Waals surface area contributed by atoms with Gasteiger partial charge in [0.2, 0.25) is 0 Å². The number of alkyl halides is 1. The van der Waals surface area contributed by atoms with Crippen LogP contribution in [-0.4, -0.2) is 103 Å². The number of hydrogen-bond donors (Lipinski definition) is 1. The van der Waals surface area contributed by atoms with E-state index in [0.717, 1.165) is 37.9 Å². The summed E-state index contributed by atoms with van der Waals surface area (Å²) < 4.78 is 36.8. The second-order valence-electron chi connectivity index (χ2n) is 14.0. The first-order valence-corrected chi connectivity index (χ1v) is 18.2. The van der Waals surface area contributed by atoms with E-state index in [1.165, 1.54) is 32.1 Å². The molecule has 0 spiro atoms. The van der Waals surface area contributed by atoms with Crippen LogP contribution in [0.5, 0.6) is 0 Å². The van der Waals surface area contributed by atoms with Gasteiger partial charge in [-0.2, -0.15) is 0 Å². The highest BCUT2D eigenvalue weighted by Crippen LogP contribution is 2.50. The summed E-state index contributed by atoms with van der Waals surface area (Å²) in [7, 11) is 0.586. The number of amides is 1. The molecule has 0 radical (unpaired) electrons. The average Bonchev–Trinajstić information content (AvgIpc) is 3.44. The molecule has 11 unspecified atom stereocenters. The monoisotopic (exact) mass is 627 g/mol. The molecule has 6 aliphatic rings. The van der Waals surface area contributed by atoms with Crippen LogP contribution in [0.1, 0.15) is 69.9 Å². The van der Waals surface area contributed by atoms with Crippen molar-refractivity contribution in [2.24, 2.45) is 17.8 Å². The summed E-state index contributed by atoms with van der Waals surface area (Å²) in [5.41, 5.74) is 0.864. The molecule has 0 aromatic carbocycles. The van der Waals surface area contributed by atoms with Crippen molar-refractivity contribution >= 4 is 22.5 Å². The van der Waals surface area contributed by atoms with E-state index in [9.17, 15) is 13.8 Å². The third-order valence-corrected chi connectivity index (χ3v) is 13.4. The van der Waals surface area contributed by atoms with Gasteiger partial charge < -0.3 is 19.9 Å². The Labute approximate surface area is 262 Å². The summed E-state index contributed by atoms with van der Waals surface area (Å²) in [5.74, 6) is 0.0870. The number of hydrogen-bond acceptors (Lipinski definition) is 8. The van der Waals surface area contributed by atoms with Gasteiger partial charge >= 0.3 is 0 Å². The van der Waals surface area contributed by atoms with Gasteiger partial charge in [0.15, 0.2) is 5.78 Å². The number of ether oxygens (including phenoxy) is 1. The van der Waals surface area contributed by atoms with E-state index < -0.39 is 40.3 Å². The third-order valence-electron chi connectivity index (χ3n) is 11.6. The smallest absolute Gasteiger partial charge is 0.256 e. The molecule has 4 heterocycles. The van der Waals surface area contributed by atoms with Gasteiger partial charge in [-0.15, -0.1) is 0 Å². The molecule has 5 fully saturated rings. The van der Waals surface area contributed by atoms with Gasteiger partial charge in [0, 0.05) is 66.3 Å². The minimum Gasteiger partial charge on any atom is -0.369 e. The zero-order valence-electron chi connectivity index (χ0n) is 25.7. The first kappa shape index (κ1) is 30.4. The summed E-state index contributed by atoms with van der Waals surface area (Å²) in [6.07, 6.45) is 14.6. The van der Waals surface area contributed by atoms with Gasteiger partial charge in [-0.05, 0) is 64.0 Å². The average molecular weight is 628 g/mol. The highest BCUT2D eigenvalue weighted by Gasteiger charge is 2.60. The molecule has 3 saturated carbocycles. The predicted molar refractivity (Wildman–Crippen MR) is 165 cm³/mol.